The number of aromatic nitrogens is 2. The number of sulfonamides is 1. The van der Waals surface area contributed by atoms with E-state index >= 15 is 0 Å². The molecule has 1 saturated heterocycles. The second kappa shape index (κ2) is 10.9. The molecule has 0 aliphatic carbocycles. The van der Waals surface area contributed by atoms with Gasteiger partial charge < -0.3 is 14.8 Å². The molecule has 1 N–H and O–H groups in total. The molecule has 2 heterocycles. The van der Waals surface area contributed by atoms with Crippen molar-refractivity contribution in [2.45, 2.75) is 43.0 Å². The van der Waals surface area contributed by atoms with Crippen LogP contribution in [-0.2, 0) is 28.3 Å². The fourth-order valence-electron chi connectivity index (χ4n) is 4.67. The maximum Gasteiger partial charge on any atom is 0.243 e. The van der Waals surface area contributed by atoms with E-state index in [1.165, 1.54) is 0 Å². The van der Waals surface area contributed by atoms with Gasteiger partial charge in [-0.15, -0.1) is 0 Å². The summed E-state index contributed by atoms with van der Waals surface area (Å²) >= 11 is 0. The topological polar surface area (TPSA) is 87.5 Å². The summed E-state index contributed by atoms with van der Waals surface area (Å²) < 4.78 is 29.6. The molecule has 4 rings (SSSR count). The van der Waals surface area contributed by atoms with E-state index in [0.29, 0.717) is 38.0 Å². The van der Waals surface area contributed by atoms with E-state index in [1.807, 2.05) is 50.0 Å². The molecule has 35 heavy (non-hydrogen) atoms. The zero-order valence-electron chi connectivity index (χ0n) is 20.8. The van der Waals surface area contributed by atoms with E-state index in [0.717, 1.165) is 36.2 Å². The molecule has 9 heteroatoms. The van der Waals surface area contributed by atoms with Crippen LogP contribution in [0, 0.1) is 0 Å². The Bertz CT molecular complexity index is 1260. The van der Waals surface area contributed by atoms with Gasteiger partial charge in [0.05, 0.1) is 22.0 Å². The Morgan fingerprint density at radius 1 is 1.09 bits per heavy atom. The van der Waals surface area contributed by atoms with Gasteiger partial charge in [0.1, 0.15) is 5.82 Å². The summed E-state index contributed by atoms with van der Waals surface area (Å²) in [6.07, 6.45) is 3.66. The van der Waals surface area contributed by atoms with Crippen molar-refractivity contribution in [3.63, 3.8) is 0 Å². The van der Waals surface area contributed by atoms with E-state index in [1.54, 1.807) is 16.4 Å². The number of carbonyl (C=O) groups excluding carboxylic acids is 1. The van der Waals surface area contributed by atoms with E-state index in [9.17, 15) is 13.2 Å². The maximum atomic E-state index is 13.0. The third-order valence-electron chi connectivity index (χ3n) is 6.77. The lowest BCUT2D eigenvalue weighted by atomic mass is 10.1. The van der Waals surface area contributed by atoms with Gasteiger partial charge in [-0.05, 0) is 50.7 Å². The van der Waals surface area contributed by atoms with E-state index in [4.69, 9.17) is 0 Å². The Morgan fingerprint density at radius 2 is 1.80 bits per heavy atom. The fourth-order valence-corrected chi connectivity index (χ4v) is 6.20. The Labute approximate surface area is 208 Å². The Kier molecular flexibility index (Phi) is 7.88. The highest BCUT2D eigenvalue weighted by Crippen LogP contribution is 2.25. The summed E-state index contributed by atoms with van der Waals surface area (Å²) in [7, 11) is 2.40. The second-order valence-electron chi connectivity index (χ2n) is 9.40. The molecule has 1 aromatic heterocycles. The van der Waals surface area contributed by atoms with E-state index < -0.39 is 10.0 Å². The smallest absolute Gasteiger partial charge is 0.243 e. The van der Waals surface area contributed by atoms with Crippen molar-refractivity contribution < 1.29 is 13.2 Å². The Balaban J connectivity index is 1.41. The van der Waals surface area contributed by atoms with Gasteiger partial charge in [0.25, 0.3) is 0 Å². The average Bonchev–Trinajstić information content (AvgIpc) is 3.18. The highest BCUT2D eigenvalue weighted by molar-refractivity contribution is 7.89. The standard InChI is InChI=1S/C26H35N5O3S/c1-29(2)24(20-10-6-4-7-11-20)19-27-26(32)15-14-25-28-22-18-21(12-13-23(22)30(25)3)35(33,34)31-16-8-5-9-17-31/h4,6-7,10-13,18,24H,5,8-9,14-17,19H2,1-3H3,(H,27,32)/t24-/m1/s1. The molecule has 1 fully saturated rings. The first-order valence-corrected chi connectivity index (χ1v) is 13.6. The minimum atomic E-state index is -3.51. The van der Waals surface area contributed by atoms with Gasteiger partial charge in [0, 0.05) is 39.5 Å². The van der Waals surface area contributed by atoms with Crippen LogP contribution in [0.15, 0.2) is 53.4 Å². The summed E-state index contributed by atoms with van der Waals surface area (Å²) in [5.74, 6) is 0.725. The average molecular weight is 498 g/mol. The zero-order chi connectivity index (χ0) is 25.0. The number of amides is 1. The van der Waals surface area contributed by atoms with Gasteiger partial charge in [-0.25, -0.2) is 13.4 Å². The second-order valence-corrected chi connectivity index (χ2v) is 11.3. The van der Waals surface area contributed by atoms with E-state index in [2.05, 4.69) is 27.3 Å². The number of hydrogen-bond donors (Lipinski definition) is 1. The number of piperidine rings is 1. The van der Waals surface area contributed by atoms with Gasteiger partial charge in [-0.1, -0.05) is 36.8 Å². The lowest BCUT2D eigenvalue weighted by molar-refractivity contribution is -0.121. The molecule has 0 saturated carbocycles. The van der Waals surface area contributed by atoms with Crippen molar-refractivity contribution in [2.24, 2.45) is 7.05 Å². The molecule has 2 aromatic carbocycles. The summed E-state index contributed by atoms with van der Waals surface area (Å²) in [5.41, 5.74) is 2.65. The van der Waals surface area contributed by atoms with Crippen LogP contribution in [0.3, 0.4) is 0 Å². The minimum absolute atomic E-state index is 0.0341. The molecular formula is C26H35N5O3S. The number of likely N-dealkylation sites (N-methyl/N-ethyl adjacent to an activating group) is 1. The van der Waals surface area contributed by atoms with Crippen molar-refractivity contribution in [3.05, 3.63) is 59.9 Å². The highest BCUT2D eigenvalue weighted by Gasteiger charge is 2.26. The maximum absolute atomic E-state index is 13.0. The Morgan fingerprint density at radius 3 is 2.49 bits per heavy atom. The number of fused-ring (bicyclic) bond motifs is 1. The van der Waals surface area contributed by atoms with Crippen LogP contribution in [0.2, 0.25) is 0 Å². The molecule has 0 unspecified atom stereocenters. The van der Waals surface area contributed by atoms with Gasteiger partial charge in [-0.3, -0.25) is 4.79 Å². The molecule has 1 aliphatic heterocycles. The summed E-state index contributed by atoms with van der Waals surface area (Å²) in [6, 6.07) is 15.3. The van der Waals surface area contributed by atoms with Gasteiger partial charge in [0.15, 0.2) is 0 Å². The van der Waals surface area contributed by atoms with Crippen molar-refractivity contribution in [2.75, 3.05) is 33.7 Å². The predicted molar refractivity (Wildman–Crippen MR) is 138 cm³/mol. The lowest BCUT2D eigenvalue weighted by Gasteiger charge is -2.25. The molecule has 188 valence electrons. The van der Waals surface area contributed by atoms with Crippen molar-refractivity contribution >= 4 is 27.0 Å². The molecule has 3 aromatic rings. The van der Waals surface area contributed by atoms with Crippen LogP contribution in [0.25, 0.3) is 11.0 Å². The van der Waals surface area contributed by atoms with Crippen LogP contribution < -0.4 is 5.32 Å². The predicted octanol–water partition coefficient (Wildman–Crippen LogP) is 3.10. The number of nitrogens with zero attached hydrogens (tertiary/aromatic N) is 4. The van der Waals surface area contributed by atoms with Crippen LogP contribution in [0.4, 0.5) is 0 Å². The van der Waals surface area contributed by atoms with Gasteiger partial charge in [0.2, 0.25) is 15.9 Å². The Hall–Kier alpha value is -2.75. The monoisotopic (exact) mass is 497 g/mol. The quantitative estimate of drug-likeness (QED) is 0.491. The first kappa shape index (κ1) is 25.3. The third kappa shape index (κ3) is 5.74. The number of nitrogens with one attached hydrogen (secondary N) is 1. The number of aryl methyl sites for hydroxylation is 2. The number of benzene rings is 2. The summed E-state index contributed by atoms with van der Waals surface area (Å²) in [5, 5.41) is 3.05. The molecule has 0 bridgehead atoms. The molecule has 0 spiro atoms. The van der Waals surface area contributed by atoms with Crippen molar-refractivity contribution in [3.8, 4) is 0 Å². The number of imidazole rings is 1. The number of rotatable bonds is 9. The van der Waals surface area contributed by atoms with Crippen LogP contribution in [0.1, 0.15) is 43.1 Å². The van der Waals surface area contributed by atoms with E-state index in [-0.39, 0.29) is 16.8 Å². The molecule has 1 aliphatic rings. The van der Waals surface area contributed by atoms with Gasteiger partial charge >= 0.3 is 0 Å². The largest absolute Gasteiger partial charge is 0.354 e. The van der Waals surface area contributed by atoms with Crippen LogP contribution in [-0.4, -0.2) is 66.8 Å². The molecule has 0 radical (unpaired) electrons. The first-order valence-electron chi connectivity index (χ1n) is 12.2. The minimum Gasteiger partial charge on any atom is -0.354 e. The van der Waals surface area contributed by atoms with Gasteiger partial charge in [-0.2, -0.15) is 4.31 Å². The molecule has 1 atom stereocenters. The van der Waals surface area contributed by atoms with Crippen molar-refractivity contribution in [1.82, 2.24) is 24.1 Å². The number of carbonyl (C=O) groups is 1. The first-order chi connectivity index (χ1) is 16.8. The van der Waals surface area contributed by atoms with Crippen LogP contribution >= 0.6 is 0 Å². The zero-order valence-corrected chi connectivity index (χ0v) is 21.6. The molecule has 1 amide bonds. The summed E-state index contributed by atoms with van der Waals surface area (Å²) in [6.45, 7) is 1.67. The van der Waals surface area contributed by atoms with Crippen molar-refractivity contribution in [1.29, 1.82) is 0 Å². The van der Waals surface area contributed by atoms with Crippen LogP contribution in [0.5, 0.6) is 0 Å². The molecule has 8 nitrogen and oxygen atoms in total. The fraction of sp³-hybridized carbons (Fsp3) is 0.462. The molecular weight excluding hydrogens is 462 g/mol. The normalized spacial score (nSPS) is 16.0. The number of hydrogen-bond acceptors (Lipinski definition) is 5. The third-order valence-corrected chi connectivity index (χ3v) is 8.67. The lowest BCUT2D eigenvalue weighted by Crippen LogP contribution is -2.35. The summed E-state index contributed by atoms with van der Waals surface area (Å²) in [4.78, 5) is 19.7. The highest BCUT2D eigenvalue weighted by atomic mass is 32.2. The SMILES string of the molecule is CN(C)[C@H](CNC(=O)CCc1nc2cc(S(=O)(=O)N3CCCCC3)ccc2n1C)c1ccccc1.